The number of hydrogen-bond acceptors (Lipinski definition) is 8. The van der Waals surface area contributed by atoms with Gasteiger partial charge in [-0.2, -0.15) is 0 Å². The molecule has 0 radical (unpaired) electrons. The maximum absolute atomic E-state index is 11.8. The van der Waals surface area contributed by atoms with Crippen LogP contribution in [-0.2, 0) is 4.79 Å². The van der Waals surface area contributed by atoms with Crippen molar-refractivity contribution in [2.24, 2.45) is 11.5 Å². The predicted octanol–water partition coefficient (Wildman–Crippen LogP) is -1.18. The van der Waals surface area contributed by atoms with Crippen LogP contribution in [-0.4, -0.2) is 38.2 Å². The molecule has 0 spiro atoms. The number of nitrogens with zero attached hydrogens (tertiary/aromatic N) is 4. The molecule has 0 aromatic carbocycles. The van der Waals surface area contributed by atoms with Gasteiger partial charge < -0.3 is 22.0 Å². The molecule has 2 heterocycles. The van der Waals surface area contributed by atoms with Crippen LogP contribution in [0.1, 0.15) is 19.3 Å². The molecular weight excluding hydrogens is 262 g/mol. The highest BCUT2D eigenvalue weighted by Gasteiger charge is 2.18. The first-order valence-electron chi connectivity index (χ1n) is 6.25. The first kappa shape index (κ1) is 14.2. The van der Waals surface area contributed by atoms with Crippen LogP contribution in [0.25, 0.3) is 11.2 Å². The number of imidazole rings is 1. The van der Waals surface area contributed by atoms with Crippen molar-refractivity contribution < 1.29 is 9.63 Å². The van der Waals surface area contributed by atoms with E-state index in [0.29, 0.717) is 24.1 Å². The van der Waals surface area contributed by atoms with E-state index in [4.69, 9.17) is 22.0 Å². The summed E-state index contributed by atoms with van der Waals surface area (Å²) in [5.41, 5.74) is 17.5. The Morgan fingerprint density at radius 1 is 1.35 bits per heavy atom. The average Bonchev–Trinajstić information content (AvgIpc) is 2.83. The first-order valence-corrected chi connectivity index (χ1v) is 6.25. The van der Waals surface area contributed by atoms with E-state index in [1.165, 1.54) is 12.7 Å². The Kier molecular flexibility index (Phi) is 4.43. The molecule has 9 heteroatoms. The Labute approximate surface area is 115 Å². The first-order chi connectivity index (χ1) is 9.63. The number of carbonyl (C=O) groups excluding carboxylic acids is 1. The summed E-state index contributed by atoms with van der Waals surface area (Å²) in [6, 6.07) is -0.710. The lowest BCUT2D eigenvalue weighted by Gasteiger charge is -2.10. The number of anilines is 1. The van der Waals surface area contributed by atoms with E-state index in [-0.39, 0.29) is 5.82 Å². The van der Waals surface area contributed by atoms with Crippen molar-refractivity contribution >= 4 is 23.0 Å². The zero-order valence-electron chi connectivity index (χ0n) is 10.9. The average molecular weight is 279 g/mol. The zero-order chi connectivity index (χ0) is 14.5. The van der Waals surface area contributed by atoms with Crippen LogP contribution in [0.5, 0.6) is 0 Å². The molecule has 2 rings (SSSR count). The minimum absolute atomic E-state index is 0.219. The van der Waals surface area contributed by atoms with E-state index in [2.05, 4.69) is 15.0 Å². The molecule has 0 unspecified atom stereocenters. The minimum Gasteiger partial charge on any atom is -0.382 e. The van der Waals surface area contributed by atoms with Gasteiger partial charge in [-0.05, 0) is 19.4 Å². The number of nitrogen functional groups attached to an aromatic ring is 1. The van der Waals surface area contributed by atoms with Crippen molar-refractivity contribution in [2.45, 2.75) is 25.3 Å². The minimum atomic E-state index is -0.710. The number of nitrogens with two attached hydrogens (primary N) is 3. The molecule has 20 heavy (non-hydrogen) atoms. The third-order valence-electron chi connectivity index (χ3n) is 2.79. The standard InChI is InChI=1S/C11H17N7O2/c12-4-2-1-3-7(13)11(19)20-18-6-17-8-9(14)15-5-16-10(8)18/h5-7H,1-4,12-13H2,(H2,14,15,16)/t7-/m0/s1. The molecule has 6 N–H and O–H groups in total. The molecule has 9 nitrogen and oxygen atoms in total. The summed E-state index contributed by atoms with van der Waals surface area (Å²) in [4.78, 5) is 28.7. The van der Waals surface area contributed by atoms with Crippen LogP contribution in [0.4, 0.5) is 5.82 Å². The second-order valence-electron chi connectivity index (χ2n) is 4.30. The highest BCUT2D eigenvalue weighted by atomic mass is 16.7. The number of rotatable bonds is 6. The normalized spacial score (nSPS) is 12.5. The van der Waals surface area contributed by atoms with Crippen LogP contribution in [0.3, 0.4) is 0 Å². The van der Waals surface area contributed by atoms with Crippen LogP contribution in [0, 0.1) is 0 Å². The van der Waals surface area contributed by atoms with E-state index in [1.807, 2.05) is 0 Å². The van der Waals surface area contributed by atoms with Gasteiger partial charge in [0.25, 0.3) is 0 Å². The van der Waals surface area contributed by atoms with Gasteiger partial charge in [0.2, 0.25) is 5.65 Å². The summed E-state index contributed by atoms with van der Waals surface area (Å²) in [5.74, 6) is -0.337. The number of carbonyl (C=O) groups is 1. The Balaban J connectivity index is 2.04. The Morgan fingerprint density at radius 3 is 2.90 bits per heavy atom. The fourth-order valence-electron chi connectivity index (χ4n) is 1.69. The molecule has 0 aliphatic carbocycles. The molecule has 0 aliphatic rings. The van der Waals surface area contributed by atoms with Gasteiger partial charge in [-0.25, -0.2) is 19.7 Å². The molecule has 0 amide bonds. The van der Waals surface area contributed by atoms with E-state index in [9.17, 15) is 4.79 Å². The molecule has 0 aliphatic heterocycles. The summed E-state index contributed by atoms with van der Waals surface area (Å²) in [5, 5.41) is 0. The fraction of sp³-hybridized carbons (Fsp3) is 0.455. The number of hydrogen-bond donors (Lipinski definition) is 3. The second kappa shape index (κ2) is 6.26. The Bertz CT molecular complexity index is 597. The van der Waals surface area contributed by atoms with Crippen molar-refractivity contribution in [3.63, 3.8) is 0 Å². The lowest BCUT2D eigenvalue weighted by Crippen LogP contribution is -2.37. The maximum Gasteiger partial charge on any atom is 0.349 e. The molecule has 0 saturated carbocycles. The molecule has 0 bridgehead atoms. The van der Waals surface area contributed by atoms with Crippen LogP contribution in [0.2, 0.25) is 0 Å². The van der Waals surface area contributed by atoms with Crippen molar-refractivity contribution in [3.05, 3.63) is 12.7 Å². The Morgan fingerprint density at radius 2 is 2.15 bits per heavy atom. The van der Waals surface area contributed by atoms with E-state index >= 15 is 0 Å². The maximum atomic E-state index is 11.8. The molecule has 1 atom stereocenters. The zero-order valence-corrected chi connectivity index (χ0v) is 10.9. The van der Waals surface area contributed by atoms with Gasteiger partial charge in [0.1, 0.15) is 18.7 Å². The third-order valence-corrected chi connectivity index (χ3v) is 2.79. The topological polar surface area (TPSA) is 148 Å². The quantitative estimate of drug-likeness (QED) is 0.559. The predicted molar refractivity (Wildman–Crippen MR) is 72.2 cm³/mol. The largest absolute Gasteiger partial charge is 0.382 e. The molecular formula is C11H17N7O2. The van der Waals surface area contributed by atoms with Crippen LogP contribution >= 0.6 is 0 Å². The van der Waals surface area contributed by atoms with Crippen molar-refractivity contribution in [2.75, 3.05) is 12.3 Å². The lowest BCUT2D eigenvalue weighted by molar-refractivity contribution is -0.145. The monoisotopic (exact) mass is 279 g/mol. The van der Waals surface area contributed by atoms with Gasteiger partial charge >= 0.3 is 5.97 Å². The van der Waals surface area contributed by atoms with Crippen molar-refractivity contribution in [3.8, 4) is 0 Å². The molecule has 0 saturated heterocycles. The van der Waals surface area contributed by atoms with Gasteiger partial charge in [-0.15, -0.1) is 4.73 Å². The second-order valence-corrected chi connectivity index (χ2v) is 4.30. The fourth-order valence-corrected chi connectivity index (χ4v) is 1.69. The van der Waals surface area contributed by atoms with E-state index in [1.54, 1.807) is 0 Å². The van der Waals surface area contributed by atoms with Gasteiger partial charge in [-0.3, -0.25) is 0 Å². The number of unbranched alkanes of at least 4 members (excludes halogenated alkanes) is 1. The van der Waals surface area contributed by atoms with E-state index < -0.39 is 12.0 Å². The van der Waals surface area contributed by atoms with Crippen molar-refractivity contribution in [1.82, 2.24) is 19.7 Å². The number of fused-ring (bicyclic) bond motifs is 1. The third kappa shape index (κ3) is 3.00. The Hall–Kier alpha value is -2.26. The number of aromatic nitrogens is 4. The van der Waals surface area contributed by atoms with Gasteiger partial charge in [0, 0.05) is 0 Å². The highest BCUT2D eigenvalue weighted by molar-refractivity contribution is 5.82. The lowest BCUT2D eigenvalue weighted by atomic mass is 10.1. The van der Waals surface area contributed by atoms with Crippen molar-refractivity contribution in [1.29, 1.82) is 0 Å². The van der Waals surface area contributed by atoms with Gasteiger partial charge in [-0.1, -0.05) is 6.42 Å². The molecule has 0 fully saturated rings. The summed E-state index contributed by atoms with van der Waals surface area (Å²) in [6.07, 6.45) is 4.68. The van der Waals surface area contributed by atoms with Crippen LogP contribution in [0.15, 0.2) is 12.7 Å². The molecule has 2 aromatic heterocycles. The highest BCUT2D eigenvalue weighted by Crippen LogP contribution is 2.13. The van der Waals surface area contributed by atoms with Gasteiger partial charge in [0.15, 0.2) is 11.3 Å². The van der Waals surface area contributed by atoms with E-state index in [0.717, 1.165) is 17.6 Å². The summed E-state index contributed by atoms with van der Waals surface area (Å²) >= 11 is 0. The smallest absolute Gasteiger partial charge is 0.349 e. The summed E-state index contributed by atoms with van der Waals surface area (Å²) < 4.78 is 1.14. The SMILES string of the molecule is NCCCC[C@H](N)C(=O)On1cnc2c(N)ncnc21. The summed E-state index contributed by atoms with van der Waals surface area (Å²) in [6.45, 7) is 0.574. The van der Waals surface area contributed by atoms with Crippen LogP contribution < -0.4 is 22.0 Å². The molecule has 108 valence electrons. The van der Waals surface area contributed by atoms with Gasteiger partial charge in [0.05, 0.1) is 0 Å². The molecule has 2 aromatic rings. The summed E-state index contributed by atoms with van der Waals surface area (Å²) in [7, 11) is 0.